The van der Waals surface area contributed by atoms with E-state index in [-0.39, 0.29) is 22.0 Å². The Morgan fingerprint density at radius 1 is 1.21 bits per heavy atom. The molecule has 2 aromatic rings. The van der Waals surface area contributed by atoms with E-state index >= 15 is 0 Å². The molecule has 0 fully saturated rings. The molecule has 5 nitrogen and oxygen atoms in total. The third kappa shape index (κ3) is 4.69. The van der Waals surface area contributed by atoms with Crippen LogP contribution in [0, 0.1) is 4.64 Å². The van der Waals surface area contributed by atoms with Gasteiger partial charge in [-0.2, -0.15) is 13.2 Å². The summed E-state index contributed by atoms with van der Waals surface area (Å²) in [5, 5.41) is 0. The van der Waals surface area contributed by atoms with Crippen LogP contribution in [0.15, 0.2) is 35.6 Å². The van der Waals surface area contributed by atoms with Crippen LogP contribution in [-0.2, 0) is 16.4 Å². The highest BCUT2D eigenvalue weighted by molar-refractivity contribution is 7.91. The van der Waals surface area contributed by atoms with Gasteiger partial charge in [-0.3, -0.25) is 4.98 Å². The average molecular weight is 445 g/mol. The lowest BCUT2D eigenvalue weighted by molar-refractivity contribution is -0.247. The Kier molecular flexibility index (Phi) is 6.19. The molecule has 0 saturated carbocycles. The molecule has 1 atom stereocenters. The van der Waals surface area contributed by atoms with Gasteiger partial charge in [0.05, 0.1) is 29.2 Å². The number of alkyl halides is 6. The third-order valence-corrected chi connectivity index (χ3v) is 5.76. The van der Waals surface area contributed by atoms with Crippen LogP contribution in [0.4, 0.5) is 26.3 Å². The number of pyridine rings is 1. The quantitative estimate of drug-likeness (QED) is 0.497. The number of sulfone groups is 1. The summed E-state index contributed by atoms with van der Waals surface area (Å²) in [5.41, 5.74) is -0.169. The largest absolute Gasteiger partial charge is 0.425 e. The standard InChI is InChI=1S/C15H13F6N3O2S2/c1-2-28(25,26)10-4-3-5-22-12(10)9-6-11(27)24(8-23-9)7-14(17,18)13(16)15(19,20)21/h3-6,8,13H,2,7H2,1H3. The van der Waals surface area contributed by atoms with Gasteiger partial charge in [-0.05, 0) is 12.1 Å². The predicted molar refractivity (Wildman–Crippen MR) is 89.9 cm³/mol. The van der Waals surface area contributed by atoms with Crippen LogP contribution in [0.5, 0.6) is 0 Å². The Labute approximate surface area is 161 Å². The van der Waals surface area contributed by atoms with E-state index in [2.05, 4.69) is 9.97 Å². The van der Waals surface area contributed by atoms with Crippen LogP contribution in [0.1, 0.15) is 6.92 Å². The molecule has 0 aliphatic rings. The number of nitrogens with zero attached hydrogens (tertiary/aromatic N) is 3. The molecule has 154 valence electrons. The Bertz CT molecular complexity index is 1020. The van der Waals surface area contributed by atoms with Crippen LogP contribution in [0.3, 0.4) is 0 Å². The van der Waals surface area contributed by atoms with Gasteiger partial charge in [-0.1, -0.05) is 19.1 Å². The Hall–Kier alpha value is -2.02. The van der Waals surface area contributed by atoms with Crippen LogP contribution in [0.25, 0.3) is 11.4 Å². The van der Waals surface area contributed by atoms with E-state index < -0.39 is 39.3 Å². The zero-order valence-electron chi connectivity index (χ0n) is 14.1. The summed E-state index contributed by atoms with van der Waals surface area (Å²) in [6, 6.07) is 3.66. The Balaban J connectivity index is 2.44. The lowest BCUT2D eigenvalue weighted by Crippen LogP contribution is -2.44. The summed E-state index contributed by atoms with van der Waals surface area (Å²) < 4.78 is 101. The molecule has 2 heterocycles. The molecule has 0 aliphatic carbocycles. The highest BCUT2D eigenvalue weighted by atomic mass is 32.2. The molecule has 0 bridgehead atoms. The molecular weight excluding hydrogens is 432 g/mol. The van der Waals surface area contributed by atoms with Crippen LogP contribution in [0.2, 0.25) is 0 Å². The fraction of sp³-hybridized carbons (Fsp3) is 0.400. The molecule has 0 aliphatic heterocycles. The van der Waals surface area contributed by atoms with Crippen molar-refractivity contribution in [1.82, 2.24) is 14.5 Å². The summed E-state index contributed by atoms with van der Waals surface area (Å²) in [4.78, 5) is 7.51. The van der Waals surface area contributed by atoms with Crippen molar-refractivity contribution in [1.29, 1.82) is 0 Å². The first-order valence-corrected chi connectivity index (χ1v) is 9.69. The van der Waals surface area contributed by atoms with E-state index in [1.807, 2.05) is 0 Å². The minimum atomic E-state index is -5.74. The van der Waals surface area contributed by atoms with Crippen LogP contribution in [-0.4, -0.2) is 47.0 Å². The maximum Gasteiger partial charge on any atom is 0.425 e. The number of halogens is 6. The number of aromatic nitrogens is 3. The van der Waals surface area contributed by atoms with Crippen molar-refractivity contribution in [2.75, 3.05) is 5.75 Å². The van der Waals surface area contributed by atoms with Gasteiger partial charge in [-0.15, -0.1) is 0 Å². The molecule has 2 rings (SSSR count). The Morgan fingerprint density at radius 3 is 2.39 bits per heavy atom. The molecule has 0 radical (unpaired) electrons. The van der Waals surface area contributed by atoms with Crippen LogP contribution < -0.4 is 0 Å². The van der Waals surface area contributed by atoms with Crippen molar-refractivity contribution in [2.24, 2.45) is 0 Å². The highest BCUT2D eigenvalue weighted by Crippen LogP contribution is 2.36. The highest BCUT2D eigenvalue weighted by Gasteiger charge is 2.56. The smallest absolute Gasteiger partial charge is 0.317 e. The number of hydrogen-bond acceptors (Lipinski definition) is 5. The molecule has 1 unspecified atom stereocenters. The van der Waals surface area contributed by atoms with Gasteiger partial charge < -0.3 is 4.57 Å². The van der Waals surface area contributed by atoms with Crippen molar-refractivity contribution in [3.8, 4) is 11.4 Å². The van der Waals surface area contributed by atoms with Gasteiger partial charge in [0.2, 0.25) is 0 Å². The summed E-state index contributed by atoms with van der Waals surface area (Å²) in [7, 11) is -3.69. The van der Waals surface area contributed by atoms with Gasteiger partial charge >= 0.3 is 12.1 Å². The van der Waals surface area contributed by atoms with Gasteiger partial charge in [0.15, 0.2) is 9.84 Å². The van der Waals surface area contributed by atoms with Crippen molar-refractivity contribution >= 4 is 22.1 Å². The van der Waals surface area contributed by atoms with Crippen molar-refractivity contribution in [3.63, 3.8) is 0 Å². The average Bonchev–Trinajstić information content (AvgIpc) is 2.62. The SMILES string of the molecule is CCS(=O)(=O)c1cccnc1-c1cc(=S)n(CC(F)(F)C(F)C(F)(F)F)cn1. The monoisotopic (exact) mass is 445 g/mol. The zero-order chi connectivity index (χ0) is 21.3. The minimum absolute atomic E-state index is 0.0789. The molecule has 0 aromatic carbocycles. The van der Waals surface area contributed by atoms with Crippen molar-refractivity contribution in [3.05, 3.63) is 35.4 Å². The molecule has 0 saturated heterocycles. The first kappa shape index (κ1) is 22.3. The molecule has 0 spiro atoms. The fourth-order valence-electron chi connectivity index (χ4n) is 2.21. The molecule has 2 aromatic heterocycles. The van der Waals surface area contributed by atoms with E-state index in [4.69, 9.17) is 12.2 Å². The fourth-order valence-corrected chi connectivity index (χ4v) is 3.48. The topological polar surface area (TPSA) is 64.8 Å². The maximum absolute atomic E-state index is 13.6. The minimum Gasteiger partial charge on any atom is -0.317 e. The lowest BCUT2D eigenvalue weighted by Gasteiger charge is -2.23. The van der Waals surface area contributed by atoms with Crippen molar-refractivity contribution in [2.45, 2.75) is 36.6 Å². The molecule has 0 amide bonds. The van der Waals surface area contributed by atoms with E-state index in [9.17, 15) is 34.8 Å². The van der Waals surface area contributed by atoms with E-state index in [0.29, 0.717) is 10.9 Å². The van der Waals surface area contributed by atoms with Gasteiger partial charge in [-0.25, -0.2) is 26.6 Å². The van der Waals surface area contributed by atoms with E-state index in [1.54, 1.807) is 0 Å². The van der Waals surface area contributed by atoms with Gasteiger partial charge in [0.25, 0.3) is 6.17 Å². The van der Waals surface area contributed by atoms with Crippen LogP contribution >= 0.6 is 12.2 Å². The van der Waals surface area contributed by atoms with Gasteiger partial charge in [0, 0.05) is 12.3 Å². The zero-order valence-corrected chi connectivity index (χ0v) is 15.8. The molecule has 13 heteroatoms. The number of hydrogen-bond donors (Lipinski definition) is 0. The molecular formula is C15H13F6N3O2S2. The summed E-state index contributed by atoms with van der Waals surface area (Å²) >= 11 is 4.86. The number of rotatable bonds is 6. The maximum atomic E-state index is 13.6. The molecule has 0 N–H and O–H groups in total. The third-order valence-electron chi connectivity index (χ3n) is 3.65. The summed E-state index contributed by atoms with van der Waals surface area (Å²) in [5.74, 6) is -5.01. The second-order valence-electron chi connectivity index (χ2n) is 5.66. The van der Waals surface area contributed by atoms with E-state index in [1.165, 1.54) is 25.3 Å². The van der Waals surface area contributed by atoms with Gasteiger partial charge in [0.1, 0.15) is 10.3 Å². The second-order valence-corrected chi connectivity index (χ2v) is 8.32. The normalized spacial score (nSPS) is 14.1. The Morgan fingerprint density at radius 2 is 1.86 bits per heavy atom. The lowest BCUT2D eigenvalue weighted by atomic mass is 10.2. The molecule has 28 heavy (non-hydrogen) atoms. The summed E-state index contributed by atoms with van der Waals surface area (Å²) in [6.07, 6.45) is -8.15. The second kappa shape index (κ2) is 7.78. The first-order valence-electron chi connectivity index (χ1n) is 7.63. The summed E-state index contributed by atoms with van der Waals surface area (Å²) in [6.45, 7) is -0.283. The predicted octanol–water partition coefficient (Wildman–Crippen LogP) is 4.00. The van der Waals surface area contributed by atoms with Crippen molar-refractivity contribution < 1.29 is 34.8 Å². The van der Waals surface area contributed by atoms with E-state index in [0.717, 1.165) is 6.07 Å². The first-order chi connectivity index (χ1) is 12.8.